The van der Waals surface area contributed by atoms with Crippen LogP contribution in [0.3, 0.4) is 0 Å². The summed E-state index contributed by atoms with van der Waals surface area (Å²) >= 11 is 0. The van der Waals surface area contributed by atoms with Crippen LogP contribution in [-0.2, 0) is 0 Å². The summed E-state index contributed by atoms with van der Waals surface area (Å²) in [6.45, 7) is -0.231. The number of aliphatic hydroxyl groups is 1. The number of anilines is 1. The van der Waals surface area contributed by atoms with Crippen LogP contribution < -0.4 is 19.9 Å². The van der Waals surface area contributed by atoms with Crippen molar-refractivity contribution >= 4 is 5.82 Å². The van der Waals surface area contributed by atoms with E-state index >= 15 is 0 Å². The summed E-state index contributed by atoms with van der Waals surface area (Å²) in [5.74, 6) is 0.947. The molecule has 8 heteroatoms. The summed E-state index contributed by atoms with van der Waals surface area (Å²) in [5, 5.41) is 9.07. The highest BCUT2D eigenvalue weighted by atomic mass is 19.1. The number of aliphatic hydroxyl groups excluding tert-OH is 1. The molecule has 3 aromatic rings. The van der Waals surface area contributed by atoms with Gasteiger partial charge in [0.1, 0.15) is 12.4 Å². The molecule has 3 rings (SSSR count). The Labute approximate surface area is 155 Å². The Morgan fingerprint density at radius 2 is 1.74 bits per heavy atom. The first kappa shape index (κ1) is 18.4. The van der Waals surface area contributed by atoms with Gasteiger partial charge < -0.3 is 25.1 Å². The highest BCUT2D eigenvalue weighted by Crippen LogP contribution is 2.39. The van der Waals surface area contributed by atoms with Crippen LogP contribution in [0, 0.1) is 5.82 Å². The Kier molecular flexibility index (Phi) is 5.68. The molecule has 0 aliphatic heterocycles. The van der Waals surface area contributed by atoms with Crippen LogP contribution in [0.25, 0.3) is 11.4 Å². The van der Waals surface area contributed by atoms with E-state index in [9.17, 15) is 4.39 Å². The maximum absolute atomic E-state index is 13.2. The average molecular weight is 371 g/mol. The smallest absolute Gasteiger partial charge is 0.263 e. The molecule has 27 heavy (non-hydrogen) atoms. The predicted molar refractivity (Wildman–Crippen MR) is 97.5 cm³/mol. The monoisotopic (exact) mass is 371 g/mol. The molecule has 0 atom stereocenters. The summed E-state index contributed by atoms with van der Waals surface area (Å²) < 4.78 is 29.7. The lowest BCUT2D eigenvalue weighted by molar-refractivity contribution is 0.192. The molecule has 0 aliphatic rings. The van der Waals surface area contributed by atoms with Crippen molar-refractivity contribution in [2.75, 3.05) is 26.1 Å². The van der Waals surface area contributed by atoms with Crippen molar-refractivity contribution in [2.45, 2.75) is 0 Å². The molecule has 0 spiro atoms. The van der Waals surface area contributed by atoms with Gasteiger partial charge in [0, 0.05) is 5.56 Å². The van der Waals surface area contributed by atoms with Gasteiger partial charge in [-0.3, -0.25) is 0 Å². The Hall–Kier alpha value is -3.39. The van der Waals surface area contributed by atoms with Crippen LogP contribution in [0.5, 0.6) is 23.1 Å². The van der Waals surface area contributed by atoms with Gasteiger partial charge in [0.15, 0.2) is 23.1 Å². The van der Waals surface area contributed by atoms with Crippen LogP contribution in [0.4, 0.5) is 10.2 Å². The number of nitrogens with two attached hydrogens (primary N) is 1. The van der Waals surface area contributed by atoms with E-state index in [-0.39, 0.29) is 42.3 Å². The number of halogens is 1. The maximum atomic E-state index is 13.2. The number of nitrogens with zero attached hydrogens (tertiary/aromatic N) is 2. The second-order valence-corrected chi connectivity index (χ2v) is 5.40. The van der Waals surface area contributed by atoms with Crippen LogP contribution >= 0.6 is 0 Å². The summed E-state index contributed by atoms with van der Waals surface area (Å²) in [5.41, 5.74) is 6.62. The molecular weight excluding hydrogens is 353 g/mol. The number of para-hydroxylation sites is 2. The number of nitrogen functional groups attached to an aromatic ring is 1. The molecule has 1 heterocycles. The summed E-state index contributed by atoms with van der Waals surface area (Å²) in [6.07, 6.45) is 0. The van der Waals surface area contributed by atoms with E-state index in [0.29, 0.717) is 17.1 Å². The molecular formula is C19H18FN3O4. The van der Waals surface area contributed by atoms with Crippen LogP contribution in [0.15, 0.2) is 48.5 Å². The number of hydrogen-bond donors (Lipinski definition) is 2. The third-order valence-corrected chi connectivity index (χ3v) is 3.57. The SMILES string of the molecule is COc1ccccc1Oc1c(N)nc(-c2ccc(F)cc2)nc1OCCO. The Morgan fingerprint density at radius 1 is 1.04 bits per heavy atom. The standard InChI is InChI=1S/C19H18FN3O4/c1-25-14-4-2-3-5-15(14)27-16-17(21)22-18(23-19(16)26-11-10-24)12-6-8-13(20)9-7-12/h2-9,24H,10-11H2,1H3,(H2,21,22,23). The lowest BCUT2D eigenvalue weighted by Gasteiger charge is -2.15. The molecule has 0 unspecified atom stereocenters. The summed E-state index contributed by atoms with van der Waals surface area (Å²) in [7, 11) is 1.52. The number of rotatable bonds is 7. The molecule has 7 nitrogen and oxygen atoms in total. The molecule has 2 aromatic carbocycles. The molecule has 3 N–H and O–H groups in total. The fourth-order valence-electron chi connectivity index (χ4n) is 2.32. The van der Waals surface area contributed by atoms with E-state index in [1.165, 1.54) is 31.4 Å². The van der Waals surface area contributed by atoms with Crippen molar-refractivity contribution < 1.29 is 23.7 Å². The van der Waals surface area contributed by atoms with Gasteiger partial charge in [-0.15, -0.1) is 0 Å². The Morgan fingerprint density at radius 3 is 2.41 bits per heavy atom. The fourth-order valence-corrected chi connectivity index (χ4v) is 2.32. The minimum absolute atomic E-state index is 0.0123. The van der Waals surface area contributed by atoms with Gasteiger partial charge in [-0.2, -0.15) is 4.98 Å². The molecule has 0 aliphatic carbocycles. The van der Waals surface area contributed by atoms with E-state index in [1.54, 1.807) is 24.3 Å². The molecule has 1 aromatic heterocycles. The van der Waals surface area contributed by atoms with Gasteiger partial charge in [0.2, 0.25) is 5.75 Å². The van der Waals surface area contributed by atoms with Crippen LogP contribution in [-0.4, -0.2) is 35.4 Å². The first-order valence-electron chi connectivity index (χ1n) is 8.10. The highest BCUT2D eigenvalue weighted by molar-refractivity contribution is 5.63. The molecule has 140 valence electrons. The normalized spacial score (nSPS) is 10.5. The number of aromatic nitrogens is 2. The number of hydrogen-bond acceptors (Lipinski definition) is 7. The van der Waals surface area contributed by atoms with Crippen molar-refractivity contribution in [1.82, 2.24) is 9.97 Å². The second kappa shape index (κ2) is 8.33. The third-order valence-electron chi connectivity index (χ3n) is 3.57. The van der Waals surface area contributed by atoms with Crippen molar-refractivity contribution in [3.63, 3.8) is 0 Å². The number of ether oxygens (including phenoxy) is 3. The largest absolute Gasteiger partial charge is 0.493 e. The molecule has 0 saturated carbocycles. The van der Waals surface area contributed by atoms with Crippen molar-refractivity contribution in [2.24, 2.45) is 0 Å². The topological polar surface area (TPSA) is 99.7 Å². The molecule has 0 bridgehead atoms. The first-order chi connectivity index (χ1) is 13.1. The van der Waals surface area contributed by atoms with Gasteiger partial charge >= 0.3 is 0 Å². The maximum Gasteiger partial charge on any atom is 0.263 e. The Balaban J connectivity index is 2.03. The predicted octanol–water partition coefficient (Wildman–Crippen LogP) is 3.04. The molecule has 0 amide bonds. The lowest BCUT2D eigenvalue weighted by atomic mass is 10.2. The number of methoxy groups -OCH3 is 1. The molecule has 0 radical (unpaired) electrons. The van der Waals surface area contributed by atoms with E-state index in [4.69, 9.17) is 25.1 Å². The van der Waals surface area contributed by atoms with E-state index in [2.05, 4.69) is 9.97 Å². The zero-order valence-electron chi connectivity index (χ0n) is 14.6. The quantitative estimate of drug-likeness (QED) is 0.658. The average Bonchev–Trinajstić information content (AvgIpc) is 2.69. The first-order valence-corrected chi connectivity index (χ1v) is 8.10. The summed E-state index contributed by atoms with van der Waals surface area (Å²) in [6, 6.07) is 12.6. The third kappa shape index (κ3) is 4.24. The van der Waals surface area contributed by atoms with Crippen molar-refractivity contribution in [3.8, 4) is 34.5 Å². The lowest BCUT2D eigenvalue weighted by Crippen LogP contribution is -2.08. The van der Waals surface area contributed by atoms with Gasteiger partial charge in [-0.25, -0.2) is 9.37 Å². The Bertz CT molecular complexity index is 919. The van der Waals surface area contributed by atoms with Gasteiger partial charge in [0.25, 0.3) is 5.88 Å². The second-order valence-electron chi connectivity index (χ2n) is 5.40. The minimum Gasteiger partial charge on any atom is -0.493 e. The van der Waals surface area contributed by atoms with Crippen molar-refractivity contribution in [1.29, 1.82) is 0 Å². The summed E-state index contributed by atoms with van der Waals surface area (Å²) in [4.78, 5) is 8.54. The van der Waals surface area contributed by atoms with Crippen LogP contribution in [0.2, 0.25) is 0 Å². The van der Waals surface area contributed by atoms with E-state index in [0.717, 1.165) is 0 Å². The van der Waals surface area contributed by atoms with Crippen LogP contribution in [0.1, 0.15) is 0 Å². The zero-order valence-corrected chi connectivity index (χ0v) is 14.6. The zero-order chi connectivity index (χ0) is 19.2. The highest BCUT2D eigenvalue weighted by Gasteiger charge is 2.19. The van der Waals surface area contributed by atoms with E-state index in [1.807, 2.05) is 0 Å². The minimum atomic E-state index is -0.375. The molecule has 0 saturated heterocycles. The van der Waals surface area contributed by atoms with E-state index < -0.39 is 0 Å². The van der Waals surface area contributed by atoms with Gasteiger partial charge in [-0.05, 0) is 36.4 Å². The van der Waals surface area contributed by atoms with Crippen molar-refractivity contribution in [3.05, 3.63) is 54.3 Å². The molecule has 0 fully saturated rings. The van der Waals surface area contributed by atoms with Gasteiger partial charge in [0.05, 0.1) is 13.7 Å². The number of benzene rings is 2. The fraction of sp³-hybridized carbons (Fsp3) is 0.158. The van der Waals surface area contributed by atoms with Gasteiger partial charge in [-0.1, -0.05) is 12.1 Å².